The molecular formula is C16H22ClN3O6S. The number of hydrogen-bond donors (Lipinski definition) is 2. The van der Waals surface area contributed by atoms with E-state index in [0.29, 0.717) is 23.7 Å². The van der Waals surface area contributed by atoms with E-state index in [0.717, 1.165) is 0 Å². The van der Waals surface area contributed by atoms with Crippen molar-refractivity contribution in [1.29, 1.82) is 0 Å². The summed E-state index contributed by atoms with van der Waals surface area (Å²) in [6.07, 6.45) is 1.44. The van der Waals surface area contributed by atoms with Gasteiger partial charge in [-0.15, -0.1) is 0 Å². The summed E-state index contributed by atoms with van der Waals surface area (Å²) in [7, 11) is -3.68. The number of pyridine rings is 1. The number of amides is 1. The van der Waals surface area contributed by atoms with Crippen molar-refractivity contribution in [1.82, 2.24) is 14.6 Å². The Morgan fingerprint density at radius 1 is 1.33 bits per heavy atom. The summed E-state index contributed by atoms with van der Waals surface area (Å²) in [6.45, 7) is 0.658. The number of Topliss-reactive ketones (excluding diaryl/α,β-unsaturated/α-hetero) is 1. The van der Waals surface area contributed by atoms with Gasteiger partial charge in [-0.1, -0.05) is 11.6 Å². The number of aromatic nitrogens is 1. The highest BCUT2D eigenvalue weighted by atomic mass is 35.5. The highest BCUT2D eigenvalue weighted by Crippen LogP contribution is 2.20. The van der Waals surface area contributed by atoms with Crippen LogP contribution in [0.25, 0.3) is 0 Å². The van der Waals surface area contributed by atoms with E-state index in [1.807, 2.05) is 0 Å². The smallest absolute Gasteiger partial charge is 0.404 e. The molecule has 2 N–H and O–H groups in total. The summed E-state index contributed by atoms with van der Waals surface area (Å²) in [6, 6.07) is 3.32. The molecular weight excluding hydrogens is 398 g/mol. The first-order valence-electron chi connectivity index (χ1n) is 8.51. The Kier molecular flexibility index (Phi) is 7.81. The van der Waals surface area contributed by atoms with Gasteiger partial charge >= 0.3 is 6.09 Å². The third kappa shape index (κ3) is 7.31. The van der Waals surface area contributed by atoms with Crippen LogP contribution in [0.4, 0.5) is 4.79 Å². The lowest BCUT2D eigenvalue weighted by Gasteiger charge is -2.31. The molecule has 11 heteroatoms. The highest BCUT2D eigenvalue weighted by molar-refractivity contribution is 7.89. The molecule has 0 aliphatic carbocycles. The first-order chi connectivity index (χ1) is 12.8. The van der Waals surface area contributed by atoms with Gasteiger partial charge in [-0.3, -0.25) is 4.79 Å². The Bertz CT molecular complexity index is 748. The number of carboxylic acid groups (broad SMARTS) is 1. The summed E-state index contributed by atoms with van der Waals surface area (Å²) in [5.74, 6) is -0.554. The molecule has 0 saturated carbocycles. The van der Waals surface area contributed by atoms with Crippen molar-refractivity contribution >= 4 is 33.5 Å². The number of hydrogen-bond acceptors (Lipinski definition) is 6. The maximum Gasteiger partial charge on any atom is 0.404 e. The van der Waals surface area contributed by atoms with Gasteiger partial charge in [0.1, 0.15) is 17.6 Å². The first kappa shape index (κ1) is 21.4. The van der Waals surface area contributed by atoms with Gasteiger partial charge in [0, 0.05) is 38.3 Å². The van der Waals surface area contributed by atoms with Gasteiger partial charge in [0.2, 0.25) is 15.9 Å². The van der Waals surface area contributed by atoms with Gasteiger partial charge in [-0.2, -0.15) is 0 Å². The van der Waals surface area contributed by atoms with E-state index in [-0.39, 0.29) is 38.6 Å². The fraction of sp³-hybridized carbons (Fsp3) is 0.562. The van der Waals surface area contributed by atoms with E-state index < -0.39 is 27.7 Å². The molecule has 0 unspecified atom stereocenters. The van der Waals surface area contributed by atoms with Crippen molar-refractivity contribution < 1.29 is 27.9 Å². The van der Waals surface area contributed by atoms with E-state index in [4.69, 9.17) is 21.4 Å². The highest BCUT2D eigenvalue weighted by Gasteiger charge is 2.30. The molecule has 150 valence electrons. The number of ketones is 1. The van der Waals surface area contributed by atoms with Gasteiger partial charge < -0.3 is 15.2 Å². The summed E-state index contributed by atoms with van der Waals surface area (Å²) >= 11 is 5.77. The molecule has 0 bridgehead atoms. The average Bonchev–Trinajstić information content (AvgIpc) is 2.61. The van der Waals surface area contributed by atoms with Crippen LogP contribution in [0.1, 0.15) is 25.7 Å². The number of nitrogens with one attached hydrogen (secondary N) is 1. The Labute approximate surface area is 162 Å². The van der Waals surface area contributed by atoms with Crippen molar-refractivity contribution in [2.45, 2.75) is 31.8 Å². The number of piperidine rings is 1. The fourth-order valence-corrected chi connectivity index (χ4v) is 4.29. The topological polar surface area (TPSA) is 126 Å². The second-order valence-electron chi connectivity index (χ2n) is 6.16. The lowest BCUT2D eigenvalue weighted by atomic mass is 10.1. The van der Waals surface area contributed by atoms with Crippen LogP contribution in [0.15, 0.2) is 18.3 Å². The van der Waals surface area contributed by atoms with Gasteiger partial charge in [0.05, 0.1) is 5.02 Å². The van der Waals surface area contributed by atoms with Gasteiger partial charge in [0.15, 0.2) is 0 Å². The van der Waals surface area contributed by atoms with Crippen LogP contribution in [0.5, 0.6) is 5.88 Å². The molecule has 27 heavy (non-hydrogen) atoms. The minimum atomic E-state index is -3.68. The second-order valence-corrected chi connectivity index (χ2v) is 8.57. The van der Waals surface area contributed by atoms with Gasteiger partial charge in [-0.05, 0) is 25.3 Å². The summed E-state index contributed by atoms with van der Waals surface area (Å²) in [5.41, 5.74) is 0. The van der Waals surface area contributed by atoms with Crippen LogP contribution in [0, 0.1) is 0 Å². The Morgan fingerprint density at radius 2 is 2.04 bits per heavy atom. The molecule has 1 aliphatic heterocycles. The zero-order valence-electron chi connectivity index (χ0n) is 14.6. The molecule has 0 atom stereocenters. The van der Waals surface area contributed by atoms with Gasteiger partial charge in [-0.25, -0.2) is 22.5 Å². The fourth-order valence-electron chi connectivity index (χ4n) is 2.68. The predicted molar refractivity (Wildman–Crippen MR) is 98.5 cm³/mol. The van der Waals surface area contributed by atoms with E-state index in [1.54, 1.807) is 12.1 Å². The molecule has 2 heterocycles. The molecule has 0 spiro atoms. The number of ether oxygens (including phenoxy) is 1. The van der Waals surface area contributed by atoms with Crippen molar-refractivity contribution in [3.05, 3.63) is 23.4 Å². The molecule has 2 rings (SSSR count). The largest absolute Gasteiger partial charge is 0.474 e. The first-order valence-corrected chi connectivity index (χ1v) is 10.5. The molecule has 9 nitrogen and oxygen atoms in total. The number of halogens is 1. The van der Waals surface area contributed by atoms with Crippen molar-refractivity contribution in [3.8, 4) is 5.88 Å². The van der Waals surface area contributed by atoms with Crippen LogP contribution in [0.2, 0.25) is 5.02 Å². The van der Waals surface area contributed by atoms with Crippen molar-refractivity contribution in [2.75, 3.05) is 25.4 Å². The third-order valence-electron chi connectivity index (χ3n) is 4.03. The molecule has 1 aromatic heterocycles. The van der Waals surface area contributed by atoms with Crippen molar-refractivity contribution in [3.63, 3.8) is 0 Å². The Hall–Kier alpha value is -1.91. The van der Waals surface area contributed by atoms with E-state index in [9.17, 15) is 18.0 Å². The minimum Gasteiger partial charge on any atom is -0.474 e. The average molecular weight is 420 g/mol. The number of nitrogens with zero attached hydrogens (tertiary/aromatic N) is 2. The maximum atomic E-state index is 12.4. The monoisotopic (exact) mass is 419 g/mol. The SMILES string of the molecule is O=C(CCCNC(=O)O)CS(=O)(=O)N1CCC(Oc2ccc(Cl)cn2)CC1. The van der Waals surface area contributed by atoms with Crippen LogP contribution >= 0.6 is 11.6 Å². The number of carbonyl (C=O) groups is 2. The van der Waals surface area contributed by atoms with Crippen LogP contribution in [-0.4, -0.2) is 66.2 Å². The van der Waals surface area contributed by atoms with E-state index >= 15 is 0 Å². The predicted octanol–water partition coefficient (Wildman–Crippen LogP) is 1.52. The Balaban J connectivity index is 1.75. The van der Waals surface area contributed by atoms with Crippen molar-refractivity contribution in [2.24, 2.45) is 0 Å². The normalized spacial score (nSPS) is 16.0. The lowest BCUT2D eigenvalue weighted by Crippen LogP contribution is -2.43. The van der Waals surface area contributed by atoms with Crippen LogP contribution < -0.4 is 10.1 Å². The molecule has 1 saturated heterocycles. The van der Waals surface area contributed by atoms with E-state index in [1.165, 1.54) is 10.5 Å². The molecule has 1 fully saturated rings. The van der Waals surface area contributed by atoms with Crippen LogP contribution in [0.3, 0.4) is 0 Å². The summed E-state index contributed by atoms with van der Waals surface area (Å²) < 4.78 is 31.8. The molecule has 1 aromatic rings. The number of carbonyl (C=O) groups excluding carboxylic acids is 1. The zero-order chi connectivity index (χ0) is 19.9. The standard InChI is InChI=1S/C16H22ClN3O6S/c17-12-3-4-15(19-10-12)26-14-5-8-20(9-6-14)27(24,25)11-13(21)2-1-7-18-16(22)23/h3-4,10,14,18H,1-2,5-9,11H2,(H,22,23). The zero-order valence-corrected chi connectivity index (χ0v) is 16.2. The van der Waals surface area contributed by atoms with Gasteiger partial charge in [0.25, 0.3) is 0 Å². The quantitative estimate of drug-likeness (QED) is 0.581. The molecule has 0 aromatic carbocycles. The number of sulfonamides is 1. The summed E-state index contributed by atoms with van der Waals surface area (Å²) in [5, 5.41) is 11.1. The minimum absolute atomic E-state index is 0.0152. The summed E-state index contributed by atoms with van der Waals surface area (Å²) in [4.78, 5) is 26.2. The lowest BCUT2D eigenvalue weighted by molar-refractivity contribution is -0.116. The Morgan fingerprint density at radius 3 is 2.63 bits per heavy atom. The number of rotatable bonds is 9. The molecule has 0 radical (unpaired) electrons. The molecule has 1 aliphatic rings. The third-order valence-corrected chi connectivity index (χ3v) is 6.10. The van der Waals surface area contributed by atoms with Crippen LogP contribution in [-0.2, 0) is 14.8 Å². The molecule has 1 amide bonds. The second kappa shape index (κ2) is 9.86. The van der Waals surface area contributed by atoms with E-state index in [2.05, 4.69) is 10.3 Å². The maximum absolute atomic E-state index is 12.4.